The molecule has 0 unspecified atom stereocenters. The summed E-state index contributed by atoms with van der Waals surface area (Å²) in [5.41, 5.74) is 5.86. The van der Waals surface area contributed by atoms with Gasteiger partial charge in [0.25, 0.3) is 0 Å². The number of hydrogen-bond donors (Lipinski definition) is 6. The van der Waals surface area contributed by atoms with Gasteiger partial charge in [0.05, 0.1) is 33.1 Å². The molecule has 12 nitrogen and oxygen atoms in total. The van der Waals surface area contributed by atoms with E-state index in [1.165, 1.54) is 0 Å². The number of aliphatic hydroxyl groups excluding tert-OH is 6. The average molecular weight is 860 g/mol. The molecule has 0 saturated carbocycles. The minimum absolute atomic E-state index is 0. The summed E-state index contributed by atoms with van der Waals surface area (Å²) >= 11 is 0. The molecule has 0 bridgehead atoms. The van der Waals surface area contributed by atoms with Gasteiger partial charge in [0.2, 0.25) is 0 Å². The minimum atomic E-state index is 0. The van der Waals surface area contributed by atoms with E-state index >= 15 is 0 Å². The van der Waals surface area contributed by atoms with E-state index in [2.05, 4.69) is 103 Å². The van der Waals surface area contributed by atoms with Crippen molar-refractivity contribution in [1.82, 2.24) is 29.9 Å². The van der Waals surface area contributed by atoms with Crippen LogP contribution in [0.15, 0.2) is 146 Å². The van der Waals surface area contributed by atoms with Crippen molar-refractivity contribution in [3.05, 3.63) is 146 Å². The number of pyridine rings is 6. The smallest absolute Gasteiger partial charge is 1.00 e. The summed E-state index contributed by atoms with van der Waals surface area (Å²) in [7, 11) is 6.00. The summed E-state index contributed by atoms with van der Waals surface area (Å²) in [4.78, 5) is 26.1. The molecule has 3 aromatic carbocycles. The quantitative estimate of drug-likeness (QED) is 0.0884. The third-order valence-electron chi connectivity index (χ3n) is 7.03. The van der Waals surface area contributed by atoms with Crippen molar-refractivity contribution in [2.24, 2.45) is 0 Å². The molecule has 0 aliphatic carbocycles. The summed E-state index contributed by atoms with van der Waals surface area (Å²) in [6.07, 6.45) is 10.8. The monoisotopic (exact) mass is 858 g/mol. The summed E-state index contributed by atoms with van der Waals surface area (Å²) in [6.45, 7) is 0. The minimum Gasteiger partial charge on any atom is -1.00 e. The van der Waals surface area contributed by atoms with E-state index in [1.807, 2.05) is 36.4 Å². The van der Waals surface area contributed by atoms with Gasteiger partial charge in [-0.15, -0.1) is 0 Å². The molecule has 0 spiro atoms. The van der Waals surface area contributed by atoms with Gasteiger partial charge in [-0.3, -0.25) is 29.9 Å². The van der Waals surface area contributed by atoms with Crippen molar-refractivity contribution in [3.8, 4) is 0 Å². The molecule has 57 heavy (non-hydrogen) atoms. The fourth-order valence-corrected chi connectivity index (χ4v) is 5.04. The Hall–Kier alpha value is -5.02. The van der Waals surface area contributed by atoms with Crippen LogP contribution in [0.1, 0.15) is 0 Å². The van der Waals surface area contributed by atoms with Crippen LogP contribution < -0.4 is 24.8 Å². The summed E-state index contributed by atoms with van der Waals surface area (Å²) in [6, 6.07) is 36.4. The number of aromatic nitrogens is 6. The number of hydrogen-bond acceptors (Lipinski definition) is 12. The molecule has 0 fully saturated rings. The second-order valence-corrected chi connectivity index (χ2v) is 9.65. The molecule has 9 aromatic rings. The molecular formula is C42H48Cl2FeN6O6. The molecule has 6 aromatic heterocycles. The standard InChI is InChI=1S/3C12H8N2.6CH4O.2ClH.Fe/c3*1-3-9-5-6-10-4-2-8-14-12(10)11(9)13-7-1;6*1-2;;;/h3*1-8H;6*2H,1H3;2*1H;/q;;;;;;;;;;;+2/p-2. The SMILES string of the molecule is CO.CO.CO.CO.CO.CO.[Cl-].[Cl-].[Fe+2].c1cnc2c(c1)ccc1cccnc12.c1cnc2c(c1)ccc1cccnc12.c1cnc2c(c1)ccc1cccnc12. The van der Waals surface area contributed by atoms with Crippen molar-refractivity contribution in [1.29, 1.82) is 0 Å². The zero-order valence-electron chi connectivity index (χ0n) is 32.3. The first-order valence-corrected chi connectivity index (χ1v) is 16.3. The van der Waals surface area contributed by atoms with Gasteiger partial charge >= 0.3 is 17.1 Å². The number of fused-ring (bicyclic) bond motifs is 9. The Morgan fingerprint density at radius 1 is 0.246 bits per heavy atom. The van der Waals surface area contributed by atoms with E-state index in [-0.39, 0.29) is 41.9 Å². The Morgan fingerprint density at radius 2 is 0.368 bits per heavy atom. The van der Waals surface area contributed by atoms with Crippen molar-refractivity contribution in [2.75, 3.05) is 42.7 Å². The number of benzene rings is 3. The Kier molecular flexibility index (Phi) is 33.8. The van der Waals surface area contributed by atoms with E-state index in [0.29, 0.717) is 0 Å². The molecule has 15 heteroatoms. The van der Waals surface area contributed by atoms with Gasteiger partial charge in [-0.1, -0.05) is 72.8 Å². The van der Waals surface area contributed by atoms with E-state index in [4.69, 9.17) is 30.6 Å². The maximum absolute atomic E-state index is 7.00. The van der Waals surface area contributed by atoms with Crippen LogP contribution in [0.3, 0.4) is 0 Å². The molecule has 0 aliphatic heterocycles. The maximum Gasteiger partial charge on any atom is 2.00 e. The average Bonchev–Trinajstić information content (AvgIpc) is 3.31. The Labute approximate surface area is 355 Å². The molecule has 6 heterocycles. The van der Waals surface area contributed by atoms with Crippen molar-refractivity contribution in [3.63, 3.8) is 0 Å². The van der Waals surface area contributed by atoms with Gasteiger partial charge in [-0.25, -0.2) is 0 Å². The topological polar surface area (TPSA) is 199 Å². The molecule has 0 amide bonds. The van der Waals surface area contributed by atoms with E-state index in [1.54, 1.807) is 37.2 Å². The number of aliphatic hydroxyl groups is 6. The van der Waals surface area contributed by atoms with Gasteiger partial charge in [0, 0.05) is 112 Å². The van der Waals surface area contributed by atoms with Crippen molar-refractivity contribution >= 4 is 65.4 Å². The molecule has 0 atom stereocenters. The van der Waals surface area contributed by atoms with Crippen LogP contribution in [0.4, 0.5) is 0 Å². The van der Waals surface area contributed by atoms with Gasteiger partial charge in [0.15, 0.2) is 0 Å². The molecule has 9 rings (SSSR count). The Bertz CT molecular complexity index is 1950. The normalized spacial score (nSPS) is 8.63. The fourth-order valence-electron chi connectivity index (χ4n) is 5.04. The van der Waals surface area contributed by atoms with Gasteiger partial charge in [0.1, 0.15) is 0 Å². The van der Waals surface area contributed by atoms with Crippen molar-refractivity contribution in [2.45, 2.75) is 0 Å². The van der Waals surface area contributed by atoms with Crippen LogP contribution in [0.5, 0.6) is 0 Å². The van der Waals surface area contributed by atoms with Gasteiger partial charge in [-0.2, -0.15) is 0 Å². The van der Waals surface area contributed by atoms with Crippen LogP contribution >= 0.6 is 0 Å². The third-order valence-corrected chi connectivity index (χ3v) is 7.03. The number of nitrogens with zero attached hydrogens (tertiary/aromatic N) is 6. The third kappa shape index (κ3) is 15.8. The van der Waals surface area contributed by atoms with Gasteiger partial charge < -0.3 is 55.5 Å². The summed E-state index contributed by atoms with van der Waals surface area (Å²) < 4.78 is 0. The first kappa shape index (κ1) is 56.3. The van der Waals surface area contributed by atoms with E-state index in [9.17, 15) is 0 Å². The molecule has 6 N–H and O–H groups in total. The second kappa shape index (κ2) is 34.2. The Morgan fingerprint density at radius 3 is 0.491 bits per heavy atom. The van der Waals surface area contributed by atoms with Crippen molar-refractivity contribution < 1.29 is 72.5 Å². The maximum atomic E-state index is 7.00. The van der Waals surface area contributed by atoms with Crippen LogP contribution in [-0.4, -0.2) is 103 Å². The molecule has 0 saturated heterocycles. The van der Waals surface area contributed by atoms with Gasteiger partial charge in [-0.05, 0) is 36.4 Å². The molecule has 0 radical (unpaired) electrons. The second-order valence-electron chi connectivity index (χ2n) is 9.65. The first-order valence-electron chi connectivity index (χ1n) is 16.3. The predicted octanol–water partition coefficient (Wildman–Crippen LogP) is 0.00550. The van der Waals surface area contributed by atoms with Crippen LogP contribution in [0, 0.1) is 0 Å². The number of halogens is 2. The van der Waals surface area contributed by atoms with Crippen LogP contribution in [0.2, 0.25) is 0 Å². The van der Waals surface area contributed by atoms with E-state index < -0.39 is 0 Å². The van der Waals surface area contributed by atoms with Crippen LogP contribution in [0.25, 0.3) is 65.4 Å². The predicted molar refractivity (Wildman–Crippen MR) is 220 cm³/mol. The first-order chi connectivity index (χ1) is 26.8. The zero-order valence-corrected chi connectivity index (χ0v) is 34.9. The fraction of sp³-hybridized carbons (Fsp3) is 0.143. The molecule has 0 aliphatic rings. The molecule has 304 valence electrons. The Balaban J connectivity index is -0.000000662. The molecular weight excluding hydrogens is 811 g/mol. The number of rotatable bonds is 0. The van der Waals surface area contributed by atoms with E-state index in [0.717, 1.165) is 108 Å². The summed E-state index contributed by atoms with van der Waals surface area (Å²) in [5, 5.41) is 48.8. The summed E-state index contributed by atoms with van der Waals surface area (Å²) in [5.74, 6) is 0. The zero-order chi connectivity index (χ0) is 40.1. The largest absolute Gasteiger partial charge is 2.00 e. The van der Waals surface area contributed by atoms with Crippen LogP contribution in [-0.2, 0) is 17.1 Å².